The molecule has 180 valence electrons. The van der Waals surface area contributed by atoms with Gasteiger partial charge in [0.25, 0.3) is 5.91 Å². The molecule has 0 aliphatic carbocycles. The molecule has 0 fully saturated rings. The highest BCUT2D eigenvalue weighted by molar-refractivity contribution is 7.92. The van der Waals surface area contributed by atoms with Crippen molar-refractivity contribution in [2.75, 3.05) is 23.7 Å². The number of benzene rings is 3. The first kappa shape index (κ1) is 26.2. The van der Waals surface area contributed by atoms with E-state index in [9.17, 15) is 13.2 Å². The summed E-state index contributed by atoms with van der Waals surface area (Å²) in [4.78, 5) is 12.4. The number of aryl methyl sites for hydroxylation is 1. The summed E-state index contributed by atoms with van der Waals surface area (Å²) in [5.41, 5.74) is 2.41. The van der Waals surface area contributed by atoms with E-state index in [1.165, 1.54) is 12.1 Å². The summed E-state index contributed by atoms with van der Waals surface area (Å²) in [6, 6.07) is 17.1. The minimum Gasteiger partial charge on any atom is -0.492 e. The number of hydrogen-bond donors (Lipinski definition) is 1. The average Bonchev–Trinajstić information content (AvgIpc) is 2.77. The first-order chi connectivity index (χ1) is 16.0. The molecular weight excluding hydrogens is 519 g/mol. The molecule has 0 saturated heterocycles. The van der Waals surface area contributed by atoms with E-state index in [4.69, 9.17) is 39.5 Å². The first-order valence-electron chi connectivity index (χ1n) is 10.2. The second kappa shape index (κ2) is 11.3. The minimum absolute atomic E-state index is 0.00272. The second-order valence-corrected chi connectivity index (χ2v) is 10.7. The zero-order valence-electron chi connectivity index (χ0n) is 18.5. The lowest BCUT2D eigenvalue weighted by atomic mass is 10.1. The van der Waals surface area contributed by atoms with Gasteiger partial charge in [-0.15, -0.1) is 0 Å². The molecule has 3 rings (SSSR count). The Morgan fingerprint density at radius 1 is 0.971 bits per heavy atom. The number of ether oxygens (including phenoxy) is 1. The number of nitrogens with zero attached hydrogens (tertiary/aromatic N) is 1. The van der Waals surface area contributed by atoms with Gasteiger partial charge in [-0.05, 0) is 54.4 Å². The number of nitrogens with one attached hydrogen (secondary N) is 1. The van der Waals surface area contributed by atoms with E-state index in [1.54, 1.807) is 24.3 Å². The molecule has 0 aliphatic heterocycles. The summed E-state index contributed by atoms with van der Waals surface area (Å²) in [7, 11) is -3.68. The highest BCUT2D eigenvalue weighted by atomic mass is 35.5. The van der Waals surface area contributed by atoms with Gasteiger partial charge in [-0.1, -0.05) is 59.1 Å². The third kappa shape index (κ3) is 7.03. The predicted octanol–water partition coefficient (Wildman–Crippen LogP) is 5.73. The van der Waals surface area contributed by atoms with Crippen LogP contribution in [0.3, 0.4) is 0 Å². The fourth-order valence-corrected chi connectivity index (χ4v) is 4.74. The summed E-state index contributed by atoms with van der Waals surface area (Å²) < 4.78 is 31.6. The molecule has 0 saturated carbocycles. The Kier molecular flexibility index (Phi) is 8.71. The maximum atomic E-state index is 12.4. The Hall–Kier alpha value is -2.45. The van der Waals surface area contributed by atoms with Gasteiger partial charge >= 0.3 is 0 Å². The third-order valence-corrected chi connectivity index (χ3v) is 7.00. The van der Waals surface area contributed by atoms with Crippen molar-refractivity contribution in [1.82, 2.24) is 5.32 Å². The summed E-state index contributed by atoms with van der Waals surface area (Å²) in [5, 5.41) is 3.37. The van der Waals surface area contributed by atoms with Gasteiger partial charge in [0.1, 0.15) is 12.4 Å². The number of anilines is 1. The van der Waals surface area contributed by atoms with Gasteiger partial charge in [0.15, 0.2) is 0 Å². The SMILES string of the molecule is Cc1cccc(OCCNC(=O)c2ccc(CN(c3cc(Cl)c(Cl)cc3Cl)S(C)(=O)=O)cc2)c1. The number of halogens is 3. The summed E-state index contributed by atoms with van der Waals surface area (Å²) in [6.07, 6.45) is 1.08. The molecule has 6 nitrogen and oxygen atoms in total. The van der Waals surface area contributed by atoms with Crippen LogP contribution in [0.5, 0.6) is 5.75 Å². The maximum absolute atomic E-state index is 12.4. The summed E-state index contributed by atoms with van der Waals surface area (Å²) in [5.74, 6) is 0.489. The molecule has 0 radical (unpaired) electrons. The van der Waals surface area contributed by atoms with Crippen molar-refractivity contribution in [3.05, 3.63) is 92.4 Å². The molecule has 0 spiro atoms. The quantitative estimate of drug-likeness (QED) is 0.277. The van der Waals surface area contributed by atoms with E-state index in [-0.39, 0.29) is 33.2 Å². The molecule has 0 unspecified atom stereocenters. The van der Waals surface area contributed by atoms with Gasteiger partial charge < -0.3 is 10.1 Å². The fraction of sp³-hybridized carbons (Fsp3) is 0.208. The van der Waals surface area contributed by atoms with Crippen LogP contribution < -0.4 is 14.4 Å². The topological polar surface area (TPSA) is 75.7 Å². The molecule has 0 aromatic heterocycles. The van der Waals surface area contributed by atoms with Crippen LogP contribution in [0.2, 0.25) is 15.1 Å². The van der Waals surface area contributed by atoms with Gasteiger partial charge in [-0.25, -0.2) is 8.42 Å². The van der Waals surface area contributed by atoms with Crippen molar-refractivity contribution >= 4 is 56.4 Å². The molecule has 1 N–H and O–H groups in total. The Morgan fingerprint density at radius 3 is 2.29 bits per heavy atom. The minimum atomic E-state index is -3.68. The van der Waals surface area contributed by atoms with Crippen LogP contribution in [0, 0.1) is 6.92 Å². The lowest BCUT2D eigenvalue weighted by molar-refractivity contribution is 0.0947. The summed E-state index contributed by atoms with van der Waals surface area (Å²) >= 11 is 18.3. The first-order valence-corrected chi connectivity index (χ1v) is 13.2. The van der Waals surface area contributed by atoms with E-state index in [1.807, 2.05) is 31.2 Å². The maximum Gasteiger partial charge on any atom is 0.251 e. The number of carbonyl (C=O) groups is 1. The number of sulfonamides is 1. The average molecular weight is 542 g/mol. The molecule has 34 heavy (non-hydrogen) atoms. The van der Waals surface area contributed by atoms with E-state index in [0.29, 0.717) is 24.3 Å². The Labute approximate surface area is 214 Å². The van der Waals surface area contributed by atoms with Crippen LogP contribution in [-0.2, 0) is 16.6 Å². The van der Waals surface area contributed by atoms with Crippen LogP contribution in [0.15, 0.2) is 60.7 Å². The highest BCUT2D eigenvalue weighted by Gasteiger charge is 2.22. The molecule has 0 heterocycles. The molecule has 0 bridgehead atoms. The molecule has 0 atom stereocenters. The van der Waals surface area contributed by atoms with Crippen molar-refractivity contribution in [3.63, 3.8) is 0 Å². The van der Waals surface area contributed by atoms with Crippen LogP contribution >= 0.6 is 34.8 Å². The zero-order valence-corrected chi connectivity index (χ0v) is 21.6. The number of carbonyl (C=O) groups excluding carboxylic acids is 1. The lowest BCUT2D eigenvalue weighted by Gasteiger charge is -2.24. The van der Waals surface area contributed by atoms with Crippen molar-refractivity contribution in [2.45, 2.75) is 13.5 Å². The van der Waals surface area contributed by atoms with Gasteiger partial charge in [0.2, 0.25) is 10.0 Å². The van der Waals surface area contributed by atoms with Crippen LogP contribution in [-0.4, -0.2) is 33.7 Å². The number of hydrogen-bond acceptors (Lipinski definition) is 4. The zero-order chi connectivity index (χ0) is 24.9. The summed E-state index contributed by atoms with van der Waals surface area (Å²) in [6.45, 7) is 2.66. The van der Waals surface area contributed by atoms with Gasteiger partial charge in [0, 0.05) is 5.56 Å². The Bertz CT molecular complexity index is 1280. The van der Waals surface area contributed by atoms with Gasteiger partial charge in [-0.2, -0.15) is 0 Å². The smallest absolute Gasteiger partial charge is 0.251 e. The molecule has 3 aromatic rings. The van der Waals surface area contributed by atoms with Crippen LogP contribution in [0.25, 0.3) is 0 Å². The van der Waals surface area contributed by atoms with Crippen molar-refractivity contribution in [3.8, 4) is 5.75 Å². The van der Waals surface area contributed by atoms with Crippen LogP contribution in [0.4, 0.5) is 5.69 Å². The van der Waals surface area contributed by atoms with Gasteiger partial charge in [-0.3, -0.25) is 9.10 Å². The predicted molar refractivity (Wildman–Crippen MR) is 138 cm³/mol. The molecule has 10 heteroatoms. The van der Waals surface area contributed by atoms with E-state index >= 15 is 0 Å². The third-order valence-electron chi connectivity index (χ3n) is 4.85. The largest absolute Gasteiger partial charge is 0.492 e. The Morgan fingerprint density at radius 2 is 1.65 bits per heavy atom. The van der Waals surface area contributed by atoms with Crippen LogP contribution in [0.1, 0.15) is 21.5 Å². The lowest BCUT2D eigenvalue weighted by Crippen LogP contribution is -2.30. The molecule has 1 amide bonds. The fourth-order valence-electron chi connectivity index (χ4n) is 3.15. The number of rotatable bonds is 9. The van der Waals surface area contributed by atoms with Crippen molar-refractivity contribution in [1.29, 1.82) is 0 Å². The molecule has 0 aliphatic rings. The van der Waals surface area contributed by atoms with Crippen molar-refractivity contribution in [2.24, 2.45) is 0 Å². The number of amides is 1. The Balaban J connectivity index is 1.63. The molecule has 3 aromatic carbocycles. The normalized spacial score (nSPS) is 11.2. The van der Waals surface area contributed by atoms with E-state index < -0.39 is 10.0 Å². The second-order valence-electron chi connectivity index (χ2n) is 7.61. The molecular formula is C24H23Cl3N2O4S. The van der Waals surface area contributed by atoms with Crippen molar-refractivity contribution < 1.29 is 17.9 Å². The highest BCUT2D eigenvalue weighted by Crippen LogP contribution is 2.36. The standard InChI is InChI=1S/C24H23Cl3N2O4S/c1-16-4-3-5-19(12-16)33-11-10-28-24(30)18-8-6-17(7-9-18)15-29(34(2,31)32)23-14-21(26)20(25)13-22(23)27/h3-9,12-14H,10-11,15H2,1-2H3,(H,28,30). The van der Waals surface area contributed by atoms with E-state index in [2.05, 4.69) is 5.32 Å². The monoisotopic (exact) mass is 540 g/mol. The van der Waals surface area contributed by atoms with Gasteiger partial charge in [0.05, 0.1) is 40.1 Å². The van der Waals surface area contributed by atoms with E-state index in [0.717, 1.165) is 21.9 Å².